The third-order valence-corrected chi connectivity index (χ3v) is 6.19. The smallest absolute Gasteiger partial charge is 0.226 e. The summed E-state index contributed by atoms with van der Waals surface area (Å²) in [7, 11) is 3.10. The number of nitrogens with one attached hydrogen (secondary N) is 2. The minimum atomic E-state index is -0.964. The van der Waals surface area contributed by atoms with Crippen LogP contribution >= 0.6 is 0 Å². The molecule has 0 aliphatic carbocycles. The summed E-state index contributed by atoms with van der Waals surface area (Å²) in [4.78, 5) is 9.41. The zero-order chi connectivity index (χ0) is 23.8. The lowest BCUT2D eigenvalue weighted by atomic mass is 9.98. The predicted octanol–water partition coefficient (Wildman–Crippen LogP) is 3.77. The normalized spacial score (nSPS) is 18.4. The molecular formula is C24H26F2N6O2. The van der Waals surface area contributed by atoms with Gasteiger partial charge in [-0.15, -0.1) is 5.10 Å². The molecule has 4 aromatic rings. The van der Waals surface area contributed by atoms with Gasteiger partial charge in [-0.05, 0) is 42.7 Å². The van der Waals surface area contributed by atoms with Gasteiger partial charge < -0.3 is 20.1 Å². The molecular weight excluding hydrogens is 442 g/mol. The van der Waals surface area contributed by atoms with Gasteiger partial charge in [0.1, 0.15) is 29.0 Å². The van der Waals surface area contributed by atoms with Gasteiger partial charge in [0.15, 0.2) is 11.5 Å². The van der Waals surface area contributed by atoms with Crippen molar-refractivity contribution in [1.82, 2.24) is 24.9 Å². The van der Waals surface area contributed by atoms with Gasteiger partial charge in [0.25, 0.3) is 0 Å². The van der Waals surface area contributed by atoms with Crippen LogP contribution in [-0.2, 0) is 6.54 Å². The number of hydrogen-bond donors (Lipinski definition) is 2. The summed E-state index contributed by atoms with van der Waals surface area (Å²) in [5, 5.41) is 11.6. The molecule has 3 heterocycles. The molecule has 8 nitrogen and oxygen atoms in total. The molecule has 1 aliphatic rings. The van der Waals surface area contributed by atoms with Gasteiger partial charge in [-0.25, -0.2) is 18.7 Å². The van der Waals surface area contributed by atoms with Crippen LogP contribution in [0.5, 0.6) is 11.5 Å². The number of anilines is 1. The van der Waals surface area contributed by atoms with Gasteiger partial charge in [-0.2, -0.15) is 4.52 Å². The van der Waals surface area contributed by atoms with Crippen molar-refractivity contribution < 1.29 is 18.3 Å². The highest BCUT2D eigenvalue weighted by Gasteiger charge is 2.27. The van der Waals surface area contributed by atoms with E-state index in [0.29, 0.717) is 60.1 Å². The number of alkyl halides is 1. The molecule has 0 radical (unpaired) electrons. The fourth-order valence-electron chi connectivity index (χ4n) is 4.36. The first-order valence-corrected chi connectivity index (χ1v) is 11.1. The minimum absolute atomic E-state index is 0.189. The van der Waals surface area contributed by atoms with E-state index in [2.05, 4.69) is 15.7 Å². The summed E-state index contributed by atoms with van der Waals surface area (Å²) in [5.41, 5.74) is 3.02. The Balaban J connectivity index is 1.61. The molecule has 2 atom stereocenters. The Morgan fingerprint density at radius 2 is 2.00 bits per heavy atom. The highest BCUT2D eigenvalue weighted by molar-refractivity contribution is 5.96. The molecule has 34 heavy (non-hydrogen) atoms. The molecule has 2 aromatic carbocycles. The van der Waals surface area contributed by atoms with Crippen LogP contribution in [0.4, 0.5) is 14.7 Å². The van der Waals surface area contributed by atoms with Crippen molar-refractivity contribution in [2.24, 2.45) is 0 Å². The molecule has 10 heteroatoms. The van der Waals surface area contributed by atoms with Crippen LogP contribution in [0.2, 0.25) is 0 Å². The second-order valence-corrected chi connectivity index (χ2v) is 8.48. The fourth-order valence-corrected chi connectivity index (χ4v) is 4.36. The molecule has 0 saturated carbocycles. The van der Waals surface area contributed by atoms with Gasteiger partial charge in [0.05, 0.1) is 19.6 Å². The number of nitrogens with zero attached hydrogens (tertiary/aromatic N) is 4. The van der Waals surface area contributed by atoms with E-state index in [-0.39, 0.29) is 5.92 Å². The number of piperidine rings is 1. The van der Waals surface area contributed by atoms with Crippen LogP contribution in [0.15, 0.2) is 30.3 Å². The van der Waals surface area contributed by atoms with Gasteiger partial charge >= 0.3 is 0 Å². The number of hydrogen-bond acceptors (Lipinski definition) is 7. The Kier molecular flexibility index (Phi) is 5.91. The van der Waals surface area contributed by atoms with Gasteiger partial charge in [-0.1, -0.05) is 6.07 Å². The third kappa shape index (κ3) is 4.09. The second-order valence-electron chi connectivity index (χ2n) is 8.48. The monoisotopic (exact) mass is 468 g/mol. The Morgan fingerprint density at radius 1 is 1.15 bits per heavy atom. The molecule has 5 rings (SSSR count). The van der Waals surface area contributed by atoms with E-state index in [0.717, 1.165) is 16.9 Å². The Bertz CT molecular complexity index is 1360. The number of aryl methyl sites for hydroxylation is 1. The van der Waals surface area contributed by atoms with Gasteiger partial charge in [-0.3, -0.25) is 0 Å². The largest absolute Gasteiger partial charge is 0.497 e. The van der Waals surface area contributed by atoms with Crippen LogP contribution in [-0.4, -0.2) is 53.1 Å². The highest BCUT2D eigenvalue weighted by atomic mass is 19.1. The molecule has 178 valence electrons. The number of methoxy groups -OCH3 is 2. The molecule has 1 fully saturated rings. The first kappa shape index (κ1) is 22.3. The average molecular weight is 469 g/mol. The summed E-state index contributed by atoms with van der Waals surface area (Å²) in [6.07, 6.45) is -0.630. The standard InChI is InChI=1S/C24H26F2N6O2/c1-13-6-18(33-2)5-4-14(13)11-28-24-29-21-19(8-16(25)9-20(21)34-3)23-30-22(31-32(23)24)15-7-17(26)12-27-10-15/h4-6,8-9,15,17,27H,7,10-12H2,1-3H3,(H,28,29). The maximum Gasteiger partial charge on any atom is 0.226 e. The van der Waals surface area contributed by atoms with Crippen LogP contribution in [0.25, 0.3) is 16.6 Å². The van der Waals surface area contributed by atoms with E-state index in [1.807, 2.05) is 25.1 Å². The van der Waals surface area contributed by atoms with Crippen molar-refractivity contribution in [3.8, 4) is 11.5 Å². The summed E-state index contributed by atoms with van der Waals surface area (Å²) in [6.45, 7) is 3.38. The lowest BCUT2D eigenvalue weighted by molar-refractivity contribution is 0.243. The maximum absolute atomic E-state index is 14.4. The first-order chi connectivity index (χ1) is 16.5. The lowest BCUT2D eigenvalue weighted by Gasteiger charge is -2.23. The van der Waals surface area contributed by atoms with Gasteiger partial charge in [0, 0.05) is 31.6 Å². The maximum atomic E-state index is 14.4. The summed E-state index contributed by atoms with van der Waals surface area (Å²) in [5.74, 6) is 1.36. The fraction of sp³-hybridized carbons (Fsp3) is 0.375. The SMILES string of the molecule is COc1ccc(CNc2nc3c(OC)cc(F)cc3c3nc(C4CNCC(F)C4)nn23)c(C)c1. The summed E-state index contributed by atoms with van der Waals surface area (Å²) >= 11 is 0. The predicted molar refractivity (Wildman–Crippen MR) is 125 cm³/mol. The lowest BCUT2D eigenvalue weighted by Crippen LogP contribution is -2.36. The number of benzene rings is 2. The quantitative estimate of drug-likeness (QED) is 0.446. The van der Waals surface area contributed by atoms with E-state index in [1.54, 1.807) is 11.6 Å². The Labute approximate surface area is 195 Å². The molecule has 2 N–H and O–H groups in total. The van der Waals surface area contributed by atoms with Gasteiger partial charge in [0.2, 0.25) is 5.95 Å². The number of ether oxygens (including phenoxy) is 2. The van der Waals surface area contributed by atoms with Crippen LogP contribution < -0.4 is 20.1 Å². The topological polar surface area (TPSA) is 85.6 Å². The molecule has 2 unspecified atom stereocenters. The Morgan fingerprint density at radius 3 is 2.74 bits per heavy atom. The third-order valence-electron chi connectivity index (χ3n) is 6.19. The Hall–Kier alpha value is -3.53. The number of halogens is 2. The molecule has 0 spiro atoms. The average Bonchev–Trinajstić information content (AvgIpc) is 3.29. The number of rotatable bonds is 6. The van der Waals surface area contributed by atoms with E-state index >= 15 is 0 Å². The van der Waals surface area contributed by atoms with Crippen molar-refractivity contribution in [2.45, 2.75) is 32.0 Å². The molecule has 0 bridgehead atoms. The van der Waals surface area contributed by atoms with Crippen molar-refractivity contribution in [1.29, 1.82) is 0 Å². The van der Waals surface area contributed by atoms with Crippen molar-refractivity contribution in [2.75, 3.05) is 32.6 Å². The van der Waals surface area contributed by atoms with E-state index in [9.17, 15) is 8.78 Å². The second kappa shape index (κ2) is 9.02. The zero-order valence-corrected chi connectivity index (χ0v) is 19.2. The summed E-state index contributed by atoms with van der Waals surface area (Å²) in [6, 6.07) is 8.50. The first-order valence-electron chi connectivity index (χ1n) is 11.1. The van der Waals surface area contributed by atoms with Crippen molar-refractivity contribution in [3.05, 3.63) is 53.1 Å². The molecule has 1 aliphatic heterocycles. The van der Waals surface area contributed by atoms with E-state index < -0.39 is 12.0 Å². The van der Waals surface area contributed by atoms with Crippen molar-refractivity contribution in [3.63, 3.8) is 0 Å². The zero-order valence-electron chi connectivity index (χ0n) is 19.2. The van der Waals surface area contributed by atoms with Crippen LogP contribution in [0.3, 0.4) is 0 Å². The molecule has 1 saturated heterocycles. The van der Waals surface area contributed by atoms with Crippen molar-refractivity contribution >= 4 is 22.5 Å². The highest BCUT2D eigenvalue weighted by Crippen LogP contribution is 2.32. The minimum Gasteiger partial charge on any atom is -0.497 e. The number of fused-ring (bicyclic) bond motifs is 3. The molecule has 2 aromatic heterocycles. The van der Waals surface area contributed by atoms with Crippen LogP contribution in [0, 0.1) is 12.7 Å². The van der Waals surface area contributed by atoms with E-state index in [1.165, 1.54) is 19.2 Å². The van der Waals surface area contributed by atoms with E-state index in [4.69, 9.17) is 19.4 Å². The molecule has 0 amide bonds. The van der Waals surface area contributed by atoms with Crippen LogP contribution in [0.1, 0.15) is 29.3 Å². The summed E-state index contributed by atoms with van der Waals surface area (Å²) < 4.78 is 40.6. The number of aromatic nitrogens is 4.